The molecule has 1 aromatic heterocycles. The van der Waals surface area contributed by atoms with E-state index in [2.05, 4.69) is 15.8 Å². The molecule has 0 aliphatic carbocycles. The molecule has 1 aromatic carbocycles. The number of hydrogen-bond acceptors (Lipinski definition) is 5. The summed E-state index contributed by atoms with van der Waals surface area (Å²) in [5.74, 6) is -0.0313. The predicted octanol–water partition coefficient (Wildman–Crippen LogP) is 0.489. The van der Waals surface area contributed by atoms with Crippen molar-refractivity contribution >= 4 is 29.3 Å². The molecule has 1 amide bonds. The fourth-order valence-electron chi connectivity index (χ4n) is 2.45. The number of aliphatic hydroxyl groups is 1. The summed E-state index contributed by atoms with van der Waals surface area (Å²) in [5, 5.41) is 20.4. The van der Waals surface area contributed by atoms with E-state index in [1.54, 1.807) is 0 Å². The summed E-state index contributed by atoms with van der Waals surface area (Å²) in [4.78, 5) is 11.9. The number of benzene rings is 1. The average Bonchev–Trinajstić information content (AvgIpc) is 3.04. The second-order valence-electron chi connectivity index (χ2n) is 5.09. The van der Waals surface area contributed by atoms with Crippen LogP contribution in [0.5, 0.6) is 0 Å². The molecular formula is C14H18ClN3O3. The maximum atomic E-state index is 11.9. The first kappa shape index (κ1) is 15.8. The third-order valence-electron chi connectivity index (χ3n) is 3.65. The zero-order valence-electron chi connectivity index (χ0n) is 11.4. The van der Waals surface area contributed by atoms with E-state index in [0.29, 0.717) is 24.4 Å². The Morgan fingerprint density at radius 2 is 2.24 bits per heavy atom. The summed E-state index contributed by atoms with van der Waals surface area (Å²) in [5.41, 5.74) is 1.33. The smallest absolute Gasteiger partial charge is 0.226 e. The summed E-state index contributed by atoms with van der Waals surface area (Å²) >= 11 is 0. The van der Waals surface area contributed by atoms with Gasteiger partial charge in [-0.15, -0.1) is 12.4 Å². The number of carbonyl (C=O) groups is 1. The number of amides is 1. The highest BCUT2D eigenvalue weighted by molar-refractivity contribution is 5.86. The molecule has 2 unspecified atom stereocenters. The number of nitrogens with one attached hydrogen (secondary N) is 2. The van der Waals surface area contributed by atoms with Crippen molar-refractivity contribution in [2.24, 2.45) is 5.92 Å². The number of carbonyl (C=O) groups excluding carboxylic acids is 1. The Hall–Kier alpha value is -1.63. The number of halogens is 1. The highest BCUT2D eigenvalue weighted by atomic mass is 35.5. The van der Waals surface area contributed by atoms with Gasteiger partial charge in [0.25, 0.3) is 0 Å². The van der Waals surface area contributed by atoms with Crippen molar-refractivity contribution < 1.29 is 14.4 Å². The molecule has 7 heteroatoms. The zero-order chi connectivity index (χ0) is 13.9. The lowest BCUT2D eigenvalue weighted by atomic mass is 10.1. The number of β-amino-alcohol motifs (C(OH)–C–C–N with tert-alkyl or cyclic N) is 1. The number of para-hydroxylation sites is 1. The number of hydrogen-bond donors (Lipinski definition) is 3. The summed E-state index contributed by atoms with van der Waals surface area (Å²) in [7, 11) is 0. The van der Waals surface area contributed by atoms with Gasteiger partial charge >= 0.3 is 0 Å². The Kier molecular flexibility index (Phi) is 5.17. The average molecular weight is 312 g/mol. The van der Waals surface area contributed by atoms with Crippen LogP contribution in [0.4, 0.5) is 0 Å². The van der Waals surface area contributed by atoms with Crippen molar-refractivity contribution in [2.75, 3.05) is 19.6 Å². The number of rotatable bonds is 4. The quantitative estimate of drug-likeness (QED) is 0.765. The van der Waals surface area contributed by atoms with E-state index < -0.39 is 0 Å². The van der Waals surface area contributed by atoms with Gasteiger partial charge < -0.3 is 20.3 Å². The van der Waals surface area contributed by atoms with Gasteiger partial charge in [0.1, 0.15) is 5.69 Å². The minimum atomic E-state index is -0.386. The van der Waals surface area contributed by atoms with Crippen LogP contribution in [-0.4, -0.2) is 41.9 Å². The maximum Gasteiger partial charge on any atom is 0.226 e. The molecule has 2 aromatic rings. The van der Waals surface area contributed by atoms with Gasteiger partial charge in [0.05, 0.1) is 12.5 Å². The van der Waals surface area contributed by atoms with Gasteiger partial charge in [0.15, 0.2) is 5.58 Å². The summed E-state index contributed by atoms with van der Waals surface area (Å²) in [6.45, 7) is 1.80. The number of aliphatic hydroxyl groups excluding tert-OH is 1. The van der Waals surface area contributed by atoms with E-state index >= 15 is 0 Å². The third kappa shape index (κ3) is 3.53. The monoisotopic (exact) mass is 311 g/mol. The normalized spacial score (nSPS) is 21.2. The molecule has 3 rings (SSSR count). The Bertz CT molecular complexity index is 616. The number of aromatic nitrogens is 1. The predicted molar refractivity (Wildman–Crippen MR) is 80.3 cm³/mol. The SMILES string of the molecule is Cl.O=C(Cc1noc2ccccc12)NCC1CNCC1O. The first-order valence-corrected chi connectivity index (χ1v) is 6.73. The zero-order valence-corrected chi connectivity index (χ0v) is 12.2. The van der Waals surface area contributed by atoms with Gasteiger partial charge in [-0.2, -0.15) is 0 Å². The highest BCUT2D eigenvalue weighted by Crippen LogP contribution is 2.18. The largest absolute Gasteiger partial charge is 0.391 e. The van der Waals surface area contributed by atoms with Crippen LogP contribution >= 0.6 is 12.4 Å². The minimum absolute atomic E-state index is 0. The molecule has 2 heterocycles. The van der Waals surface area contributed by atoms with Crippen LogP contribution in [0.15, 0.2) is 28.8 Å². The molecule has 0 saturated carbocycles. The van der Waals surface area contributed by atoms with Gasteiger partial charge in [0, 0.05) is 30.9 Å². The van der Waals surface area contributed by atoms with E-state index in [0.717, 1.165) is 11.9 Å². The Balaban J connectivity index is 0.00000161. The van der Waals surface area contributed by atoms with E-state index in [1.165, 1.54) is 0 Å². The van der Waals surface area contributed by atoms with E-state index in [-0.39, 0.29) is 36.8 Å². The van der Waals surface area contributed by atoms with Crippen LogP contribution in [0.25, 0.3) is 11.0 Å². The second kappa shape index (κ2) is 6.89. The van der Waals surface area contributed by atoms with Gasteiger partial charge in [-0.3, -0.25) is 4.79 Å². The summed E-state index contributed by atoms with van der Waals surface area (Å²) in [6, 6.07) is 7.47. The van der Waals surface area contributed by atoms with Crippen molar-refractivity contribution in [2.45, 2.75) is 12.5 Å². The van der Waals surface area contributed by atoms with E-state index in [1.807, 2.05) is 24.3 Å². The summed E-state index contributed by atoms with van der Waals surface area (Å²) in [6.07, 6.45) is -0.198. The molecule has 114 valence electrons. The van der Waals surface area contributed by atoms with Gasteiger partial charge in [-0.1, -0.05) is 17.3 Å². The first-order valence-electron chi connectivity index (χ1n) is 6.73. The molecule has 3 N–H and O–H groups in total. The molecule has 2 atom stereocenters. The molecule has 1 fully saturated rings. The van der Waals surface area contributed by atoms with Gasteiger partial charge in [0.2, 0.25) is 5.91 Å². The van der Waals surface area contributed by atoms with Gasteiger partial charge in [-0.05, 0) is 12.1 Å². The maximum absolute atomic E-state index is 11.9. The van der Waals surface area contributed by atoms with Crippen LogP contribution in [0.3, 0.4) is 0 Å². The van der Waals surface area contributed by atoms with Crippen LogP contribution in [0.1, 0.15) is 5.69 Å². The van der Waals surface area contributed by atoms with E-state index in [4.69, 9.17) is 4.52 Å². The van der Waals surface area contributed by atoms with Crippen LogP contribution in [-0.2, 0) is 11.2 Å². The highest BCUT2D eigenvalue weighted by Gasteiger charge is 2.25. The standard InChI is InChI=1S/C14H17N3O3.ClH/c18-12-8-15-6-9(12)7-16-14(19)5-11-10-3-1-2-4-13(10)20-17-11;/h1-4,9,12,15,18H,5-8H2,(H,16,19);1H. The lowest BCUT2D eigenvalue weighted by Gasteiger charge is -2.13. The van der Waals surface area contributed by atoms with Crippen molar-refractivity contribution in [3.63, 3.8) is 0 Å². The molecule has 0 radical (unpaired) electrons. The minimum Gasteiger partial charge on any atom is -0.391 e. The second-order valence-corrected chi connectivity index (χ2v) is 5.09. The molecular weight excluding hydrogens is 294 g/mol. The molecule has 0 bridgehead atoms. The number of fused-ring (bicyclic) bond motifs is 1. The molecule has 6 nitrogen and oxygen atoms in total. The topological polar surface area (TPSA) is 87.4 Å². The molecule has 21 heavy (non-hydrogen) atoms. The van der Waals surface area contributed by atoms with Crippen molar-refractivity contribution in [3.8, 4) is 0 Å². The van der Waals surface area contributed by atoms with Crippen molar-refractivity contribution in [1.82, 2.24) is 15.8 Å². The molecule has 1 aliphatic rings. The Labute approximate surface area is 128 Å². The van der Waals surface area contributed by atoms with Crippen LogP contribution < -0.4 is 10.6 Å². The first-order chi connectivity index (χ1) is 9.74. The van der Waals surface area contributed by atoms with Crippen molar-refractivity contribution in [1.29, 1.82) is 0 Å². The Morgan fingerprint density at radius 1 is 1.43 bits per heavy atom. The van der Waals surface area contributed by atoms with E-state index in [9.17, 15) is 9.90 Å². The van der Waals surface area contributed by atoms with Crippen molar-refractivity contribution in [3.05, 3.63) is 30.0 Å². The summed E-state index contributed by atoms with van der Waals surface area (Å²) < 4.78 is 5.16. The lowest BCUT2D eigenvalue weighted by molar-refractivity contribution is -0.120. The third-order valence-corrected chi connectivity index (χ3v) is 3.65. The van der Waals surface area contributed by atoms with Gasteiger partial charge in [-0.25, -0.2) is 0 Å². The molecule has 0 spiro atoms. The molecule has 1 saturated heterocycles. The van der Waals surface area contributed by atoms with Crippen LogP contribution in [0, 0.1) is 5.92 Å². The van der Waals surface area contributed by atoms with Crippen LogP contribution in [0.2, 0.25) is 0 Å². The fourth-order valence-corrected chi connectivity index (χ4v) is 2.45. The Morgan fingerprint density at radius 3 is 3.00 bits per heavy atom. The fraction of sp³-hybridized carbons (Fsp3) is 0.429. The number of nitrogens with zero attached hydrogens (tertiary/aromatic N) is 1. The molecule has 1 aliphatic heterocycles. The lowest BCUT2D eigenvalue weighted by Crippen LogP contribution is -2.35.